The number of carbonyl (C=O) groups excluding carboxylic acids is 1. The van der Waals surface area contributed by atoms with Gasteiger partial charge in [0.05, 0.1) is 17.7 Å². The minimum atomic E-state index is -0.324. The zero-order valence-electron chi connectivity index (χ0n) is 15.2. The molecular weight excluding hydrogens is 326 g/mol. The number of fused-ring (bicyclic) bond motifs is 1. The Morgan fingerprint density at radius 2 is 1.81 bits per heavy atom. The summed E-state index contributed by atoms with van der Waals surface area (Å²) < 4.78 is 11.1. The lowest BCUT2D eigenvalue weighted by Gasteiger charge is -2.11. The second-order valence-electron chi connectivity index (χ2n) is 6.08. The molecular formula is C22H23NO3. The molecule has 0 N–H and O–H groups in total. The van der Waals surface area contributed by atoms with Crippen LogP contribution in [0.1, 0.15) is 42.7 Å². The average molecular weight is 349 g/mol. The molecule has 0 fully saturated rings. The molecule has 0 bridgehead atoms. The number of rotatable bonds is 7. The van der Waals surface area contributed by atoms with Gasteiger partial charge in [-0.3, -0.25) is 4.98 Å². The second-order valence-corrected chi connectivity index (χ2v) is 6.08. The molecule has 0 saturated carbocycles. The normalized spacial score (nSPS) is 10.7. The van der Waals surface area contributed by atoms with Crippen molar-refractivity contribution < 1.29 is 14.3 Å². The number of unbranched alkanes of at least 4 members (excludes halogenated alkanes) is 1. The highest BCUT2D eigenvalue weighted by molar-refractivity contribution is 5.89. The van der Waals surface area contributed by atoms with Crippen LogP contribution >= 0.6 is 0 Å². The van der Waals surface area contributed by atoms with Gasteiger partial charge in [-0.15, -0.1) is 0 Å². The first-order valence-electron chi connectivity index (χ1n) is 9.05. The summed E-state index contributed by atoms with van der Waals surface area (Å²) in [6.45, 7) is 4.32. The standard InChI is InChI=1S/C22H23NO3/c1-3-5-8-17-15-21(19-9-6-7-10-20(19)23-17)26-18-13-11-16(12-14-18)22(24)25-4-2/h6-7,9-15H,3-5,8H2,1-2H3. The van der Waals surface area contributed by atoms with Gasteiger partial charge in [0.2, 0.25) is 0 Å². The number of aryl methyl sites for hydroxylation is 1. The zero-order valence-corrected chi connectivity index (χ0v) is 15.2. The van der Waals surface area contributed by atoms with Gasteiger partial charge in [-0.2, -0.15) is 0 Å². The fourth-order valence-corrected chi connectivity index (χ4v) is 2.77. The lowest BCUT2D eigenvalue weighted by molar-refractivity contribution is 0.0526. The van der Waals surface area contributed by atoms with Gasteiger partial charge >= 0.3 is 5.97 Å². The molecule has 0 aliphatic carbocycles. The summed E-state index contributed by atoms with van der Waals surface area (Å²) in [7, 11) is 0. The predicted octanol–water partition coefficient (Wildman–Crippen LogP) is 5.55. The van der Waals surface area contributed by atoms with Crippen LogP contribution in [-0.2, 0) is 11.2 Å². The van der Waals surface area contributed by atoms with Gasteiger partial charge < -0.3 is 9.47 Å². The first-order chi connectivity index (χ1) is 12.7. The van der Waals surface area contributed by atoms with Crippen molar-refractivity contribution in [3.63, 3.8) is 0 Å². The molecule has 0 aliphatic rings. The van der Waals surface area contributed by atoms with Crippen molar-refractivity contribution in [3.05, 3.63) is 65.9 Å². The number of esters is 1. The number of pyridine rings is 1. The molecule has 0 atom stereocenters. The molecule has 0 spiro atoms. The van der Waals surface area contributed by atoms with Gasteiger partial charge in [0.15, 0.2) is 0 Å². The molecule has 0 saturated heterocycles. The Bertz CT molecular complexity index is 888. The molecule has 0 amide bonds. The Balaban J connectivity index is 1.88. The van der Waals surface area contributed by atoms with Crippen LogP contribution in [0.5, 0.6) is 11.5 Å². The number of carbonyl (C=O) groups is 1. The summed E-state index contributed by atoms with van der Waals surface area (Å²) in [5.74, 6) is 1.14. The van der Waals surface area contributed by atoms with E-state index in [9.17, 15) is 4.79 Å². The third-order valence-corrected chi connectivity index (χ3v) is 4.11. The highest BCUT2D eigenvalue weighted by Crippen LogP contribution is 2.30. The lowest BCUT2D eigenvalue weighted by atomic mass is 10.1. The number of benzene rings is 2. The highest BCUT2D eigenvalue weighted by Gasteiger charge is 2.10. The fourth-order valence-electron chi connectivity index (χ4n) is 2.77. The molecule has 2 aromatic carbocycles. The Morgan fingerprint density at radius 1 is 1.04 bits per heavy atom. The summed E-state index contributed by atoms with van der Waals surface area (Å²) >= 11 is 0. The van der Waals surface area contributed by atoms with Gasteiger partial charge in [0.25, 0.3) is 0 Å². The van der Waals surface area contributed by atoms with Crippen LogP contribution in [0.3, 0.4) is 0 Å². The number of aromatic nitrogens is 1. The van der Waals surface area contributed by atoms with Crippen LogP contribution in [0.15, 0.2) is 54.6 Å². The number of para-hydroxylation sites is 1. The van der Waals surface area contributed by atoms with Gasteiger partial charge in [-0.1, -0.05) is 25.5 Å². The predicted molar refractivity (Wildman–Crippen MR) is 103 cm³/mol. The van der Waals surface area contributed by atoms with Crippen LogP contribution in [0.2, 0.25) is 0 Å². The van der Waals surface area contributed by atoms with Gasteiger partial charge in [-0.25, -0.2) is 4.79 Å². The third-order valence-electron chi connectivity index (χ3n) is 4.11. The van der Waals surface area contributed by atoms with E-state index in [0.29, 0.717) is 17.9 Å². The first-order valence-corrected chi connectivity index (χ1v) is 9.05. The average Bonchev–Trinajstić information content (AvgIpc) is 2.67. The molecule has 1 heterocycles. The summed E-state index contributed by atoms with van der Waals surface area (Å²) in [5, 5.41) is 0.974. The minimum Gasteiger partial charge on any atom is -0.462 e. The third kappa shape index (κ3) is 4.20. The SMILES string of the molecule is CCCCc1cc(Oc2ccc(C(=O)OCC)cc2)c2ccccc2n1. The minimum absolute atomic E-state index is 0.324. The molecule has 3 rings (SSSR count). The van der Waals surface area contributed by atoms with E-state index in [1.165, 1.54) is 0 Å². The summed E-state index contributed by atoms with van der Waals surface area (Å²) in [6.07, 6.45) is 3.15. The monoisotopic (exact) mass is 349 g/mol. The number of nitrogens with zero attached hydrogens (tertiary/aromatic N) is 1. The maximum atomic E-state index is 11.8. The number of ether oxygens (including phenoxy) is 2. The lowest BCUT2D eigenvalue weighted by Crippen LogP contribution is -2.04. The van der Waals surface area contributed by atoms with Crippen LogP contribution in [-0.4, -0.2) is 17.6 Å². The van der Waals surface area contributed by atoms with Crippen molar-refractivity contribution in [1.29, 1.82) is 0 Å². The Morgan fingerprint density at radius 3 is 2.54 bits per heavy atom. The van der Waals surface area contributed by atoms with E-state index in [4.69, 9.17) is 14.5 Å². The number of hydrogen-bond donors (Lipinski definition) is 0. The molecule has 0 aliphatic heterocycles. The molecule has 1 aromatic heterocycles. The van der Waals surface area contributed by atoms with E-state index in [-0.39, 0.29) is 5.97 Å². The van der Waals surface area contributed by atoms with Gasteiger partial charge in [-0.05, 0) is 56.2 Å². The molecule has 134 valence electrons. The van der Waals surface area contributed by atoms with Crippen LogP contribution in [0.25, 0.3) is 10.9 Å². The number of hydrogen-bond acceptors (Lipinski definition) is 4. The van der Waals surface area contributed by atoms with Crippen molar-refractivity contribution in [2.75, 3.05) is 6.61 Å². The van der Waals surface area contributed by atoms with Gasteiger partial charge in [0, 0.05) is 17.1 Å². The van der Waals surface area contributed by atoms with Crippen LogP contribution in [0, 0.1) is 0 Å². The quantitative estimate of drug-likeness (QED) is 0.525. The van der Waals surface area contributed by atoms with E-state index in [1.54, 1.807) is 31.2 Å². The van der Waals surface area contributed by atoms with E-state index in [2.05, 4.69) is 6.92 Å². The molecule has 4 nitrogen and oxygen atoms in total. The molecule has 4 heteroatoms. The zero-order chi connectivity index (χ0) is 18.4. The summed E-state index contributed by atoms with van der Waals surface area (Å²) in [4.78, 5) is 16.5. The smallest absolute Gasteiger partial charge is 0.338 e. The van der Waals surface area contributed by atoms with E-state index < -0.39 is 0 Å². The highest BCUT2D eigenvalue weighted by atomic mass is 16.5. The first kappa shape index (κ1) is 17.9. The Kier molecular flexibility index (Phi) is 5.84. The maximum absolute atomic E-state index is 11.8. The largest absolute Gasteiger partial charge is 0.462 e. The molecule has 0 radical (unpaired) electrons. The molecule has 0 unspecified atom stereocenters. The summed E-state index contributed by atoms with van der Waals surface area (Å²) in [5.41, 5.74) is 2.48. The fraction of sp³-hybridized carbons (Fsp3) is 0.273. The van der Waals surface area contributed by atoms with Crippen LogP contribution in [0.4, 0.5) is 0 Å². The van der Waals surface area contributed by atoms with Gasteiger partial charge in [0.1, 0.15) is 11.5 Å². The van der Waals surface area contributed by atoms with Crippen molar-refractivity contribution in [2.24, 2.45) is 0 Å². The van der Waals surface area contributed by atoms with Crippen molar-refractivity contribution >= 4 is 16.9 Å². The second kappa shape index (κ2) is 8.48. The molecule has 26 heavy (non-hydrogen) atoms. The Labute approximate surface area is 153 Å². The maximum Gasteiger partial charge on any atom is 0.338 e. The molecule has 3 aromatic rings. The van der Waals surface area contributed by atoms with E-state index in [1.807, 2.05) is 30.3 Å². The Hall–Kier alpha value is -2.88. The van der Waals surface area contributed by atoms with Crippen molar-refractivity contribution in [3.8, 4) is 11.5 Å². The summed E-state index contributed by atoms with van der Waals surface area (Å²) in [6, 6.07) is 17.0. The van der Waals surface area contributed by atoms with Crippen molar-refractivity contribution in [1.82, 2.24) is 4.98 Å². The van der Waals surface area contributed by atoms with E-state index in [0.717, 1.165) is 41.6 Å². The van der Waals surface area contributed by atoms with Crippen LogP contribution < -0.4 is 4.74 Å². The van der Waals surface area contributed by atoms with E-state index >= 15 is 0 Å². The van der Waals surface area contributed by atoms with Crippen molar-refractivity contribution in [2.45, 2.75) is 33.1 Å². The topological polar surface area (TPSA) is 48.4 Å².